The minimum atomic E-state index is 0.406. The van der Waals surface area contributed by atoms with E-state index in [0.29, 0.717) is 12.0 Å². The van der Waals surface area contributed by atoms with E-state index in [2.05, 4.69) is 5.32 Å². The first-order valence-electron chi connectivity index (χ1n) is 5.49. The lowest BCUT2D eigenvalue weighted by Crippen LogP contribution is -2.17. The van der Waals surface area contributed by atoms with Crippen molar-refractivity contribution in [2.75, 3.05) is 11.9 Å². The van der Waals surface area contributed by atoms with E-state index >= 15 is 0 Å². The zero-order chi connectivity index (χ0) is 10.7. The summed E-state index contributed by atoms with van der Waals surface area (Å²) >= 11 is 6.05. The number of nitrogens with one attached hydrogen (secondary N) is 1. The molecule has 2 nitrogen and oxygen atoms in total. The van der Waals surface area contributed by atoms with Crippen LogP contribution in [0.4, 0.5) is 5.69 Å². The monoisotopic (exact) mass is 224 g/mol. The van der Waals surface area contributed by atoms with Gasteiger partial charge in [-0.25, -0.2) is 0 Å². The van der Waals surface area contributed by atoms with Gasteiger partial charge in [0.25, 0.3) is 0 Å². The van der Waals surface area contributed by atoms with Crippen molar-refractivity contribution in [1.29, 1.82) is 0 Å². The number of halogens is 1. The van der Waals surface area contributed by atoms with Crippen molar-refractivity contribution in [3.8, 4) is 0 Å². The fraction of sp³-hybridized carbons (Fsp3) is 0.500. The van der Waals surface area contributed by atoms with Crippen LogP contribution in [0.3, 0.4) is 0 Å². The van der Waals surface area contributed by atoms with E-state index in [9.17, 15) is 0 Å². The van der Waals surface area contributed by atoms with E-state index in [1.165, 1.54) is 6.42 Å². The van der Waals surface area contributed by atoms with Crippen LogP contribution >= 0.6 is 11.6 Å². The van der Waals surface area contributed by atoms with Gasteiger partial charge in [0.15, 0.2) is 0 Å². The second kappa shape index (κ2) is 4.86. The predicted molar refractivity (Wildman–Crippen MR) is 65.3 cm³/mol. The van der Waals surface area contributed by atoms with E-state index in [-0.39, 0.29) is 0 Å². The van der Waals surface area contributed by atoms with Gasteiger partial charge in [-0.15, -0.1) is 0 Å². The maximum atomic E-state index is 6.05. The summed E-state index contributed by atoms with van der Waals surface area (Å²) in [6.07, 6.45) is 3.53. The Balaban J connectivity index is 1.86. The number of hydrogen-bond acceptors (Lipinski definition) is 2. The van der Waals surface area contributed by atoms with Gasteiger partial charge in [-0.1, -0.05) is 23.7 Å². The Labute approximate surface area is 95.8 Å². The van der Waals surface area contributed by atoms with Gasteiger partial charge in [-0.05, 0) is 37.3 Å². The molecule has 0 bridgehead atoms. The fourth-order valence-corrected chi connectivity index (χ4v) is 2.36. The molecule has 0 radical (unpaired) electrons. The van der Waals surface area contributed by atoms with Crippen molar-refractivity contribution in [2.24, 2.45) is 11.7 Å². The van der Waals surface area contributed by atoms with E-state index < -0.39 is 0 Å². The summed E-state index contributed by atoms with van der Waals surface area (Å²) in [6.45, 7) is 0.984. The first-order chi connectivity index (χ1) is 7.25. The molecule has 0 saturated heterocycles. The van der Waals surface area contributed by atoms with Crippen LogP contribution in [0.15, 0.2) is 24.3 Å². The van der Waals surface area contributed by atoms with Crippen molar-refractivity contribution < 1.29 is 0 Å². The van der Waals surface area contributed by atoms with Gasteiger partial charge in [0.2, 0.25) is 0 Å². The minimum absolute atomic E-state index is 0.406. The lowest BCUT2D eigenvalue weighted by Gasteiger charge is -2.13. The Kier molecular flexibility index (Phi) is 3.49. The van der Waals surface area contributed by atoms with Crippen molar-refractivity contribution in [3.05, 3.63) is 29.3 Å². The van der Waals surface area contributed by atoms with E-state index in [4.69, 9.17) is 17.3 Å². The normalized spacial score (nSPS) is 25.5. The first kappa shape index (κ1) is 10.8. The van der Waals surface area contributed by atoms with Crippen LogP contribution in [0.2, 0.25) is 5.02 Å². The van der Waals surface area contributed by atoms with Gasteiger partial charge < -0.3 is 11.1 Å². The molecule has 0 aromatic heterocycles. The number of nitrogens with two attached hydrogens (primary N) is 1. The van der Waals surface area contributed by atoms with E-state index in [1.54, 1.807) is 0 Å². The summed E-state index contributed by atoms with van der Waals surface area (Å²) in [5.41, 5.74) is 6.90. The van der Waals surface area contributed by atoms with Crippen molar-refractivity contribution in [2.45, 2.75) is 25.3 Å². The second-order valence-corrected chi connectivity index (χ2v) is 4.71. The third-order valence-electron chi connectivity index (χ3n) is 3.04. The van der Waals surface area contributed by atoms with E-state index in [1.807, 2.05) is 24.3 Å². The molecule has 3 N–H and O–H groups in total. The van der Waals surface area contributed by atoms with Gasteiger partial charge in [0.05, 0.1) is 10.7 Å². The average molecular weight is 225 g/mol. The maximum Gasteiger partial charge on any atom is 0.0637 e. The van der Waals surface area contributed by atoms with Crippen LogP contribution in [-0.4, -0.2) is 12.6 Å². The second-order valence-electron chi connectivity index (χ2n) is 4.30. The number of rotatable bonds is 3. The number of para-hydroxylation sites is 1. The van der Waals surface area contributed by atoms with Crippen LogP contribution in [0, 0.1) is 5.92 Å². The third-order valence-corrected chi connectivity index (χ3v) is 3.37. The summed E-state index contributed by atoms with van der Waals surface area (Å²) in [5, 5.41) is 4.18. The minimum Gasteiger partial charge on any atom is -0.384 e. The number of anilines is 1. The van der Waals surface area contributed by atoms with Crippen LogP contribution < -0.4 is 11.1 Å². The van der Waals surface area contributed by atoms with Crippen molar-refractivity contribution in [3.63, 3.8) is 0 Å². The highest BCUT2D eigenvalue weighted by Gasteiger charge is 2.21. The summed E-state index contributed by atoms with van der Waals surface area (Å²) in [7, 11) is 0. The first-order valence-corrected chi connectivity index (χ1v) is 5.87. The molecule has 3 heteroatoms. The molecular formula is C12H17ClN2. The zero-order valence-corrected chi connectivity index (χ0v) is 9.50. The van der Waals surface area contributed by atoms with Crippen LogP contribution in [0.25, 0.3) is 0 Å². The molecule has 1 aliphatic rings. The molecule has 2 atom stereocenters. The molecule has 1 saturated carbocycles. The Hall–Kier alpha value is -0.730. The smallest absolute Gasteiger partial charge is 0.0637 e. The maximum absolute atomic E-state index is 6.05. The van der Waals surface area contributed by atoms with Gasteiger partial charge in [0.1, 0.15) is 0 Å². The Morgan fingerprint density at radius 2 is 2.13 bits per heavy atom. The summed E-state index contributed by atoms with van der Waals surface area (Å²) in [6, 6.07) is 8.26. The summed E-state index contributed by atoms with van der Waals surface area (Å²) in [5.74, 6) is 0.705. The predicted octanol–water partition coefficient (Wildman–Crippen LogP) is 2.88. The summed E-state index contributed by atoms with van der Waals surface area (Å²) in [4.78, 5) is 0. The van der Waals surface area contributed by atoms with Crippen molar-refractivity contribution in [1.82, 2.24) is 0 Å². The molecule has 0 aliphatic heterocycles. The molecule has 82 valence electrons. The van der Waals surface area contributed by atoms with Gasteiger partial charge >= 0.3 is 0 Å². The Morgan fingerprint density at radius 3 is 2.80 bits per heavy atom. The van der Waals surface area contributed by atoms with E-state index in [0.717, 1.165) is 30.1 Å². The molecule has 0 heterocycles. The standard InChI is InChI=1S/C12H17ClN2/c13-11-3-1-2-4-12(11)15-8-9-5-6-10(14)7-9/h1-4,9-10,15H,5-8,14H2. The van der Waals surface area contributed by atoms with Gasteiger partial charge in [-0.3, -0.25) is 0 Å². The molecule has 1 fully saturated rings. The lowest BCUT2D eigenvalue weighted by molar-refractivity contribution is 0.566. The molecule has 0 spiro atoms. The fourth-order valence-electron chi connectivity index (χ4n) is 2.16. The molecule has 1 aliphatic carbocycles. The molecule has 0 amide bonds. The lowest BCUT2D eigenvalue weighted by atomic mass is 10.1. The van der Waals surface area contributed by atoms with Crippen LogP contribution in [0.5, 0.6) is 0 Å². The molecule has 2 unspecified atom stereocenters. The average Bonchev–Trinajstić information content (AvgIpc) is 2.63. The zero-order valence-electron chi connectivity index (χ0n) is 8.75. The third kappa shape index (κ3) is 2.86. The van der Waals surface area contributed by atoms with Crippen LogP contribution in [-0.2, 0) is 0 Å². The summed E-state index contributed by atoms with van der Waals surface area (Å²) < 4.78 is 0. The largest absolute Gasteiger partial charge is 0.384 e. The molecular weight excluding hydrogens is 208 g/mol. The van der Waals surface area contributed by atoms with Crippen molar-refractivity contribution >= 4 is 17.3 Å². The quantitative estimate of drug-likeness (QED) is 0.829. The Morgan fingerprint density at radius 1 is 1.33 bits per heavy atom. The Bertz CT molecular complexity index is 327. The number of benzene rings is 1. The van der Waals surface area contributed by atoms with Gasteiger partial charge in [0, 0.05) is 12.6 Å². The highest BCUT2D eigenvalue weighted by molar-refractivity contribution is 6.33. The topological polar surface area (TPSA) is 38.0 Å². The molecule has 15 heavy (non-hydrogen) atoms. The van der Waals surface area contributed by atoms with Crippen LogP contribution in [0.1, 0.15) is 19.3 Å². The molecule has 1 aromatic carbocycles. The highest BCUT2D eigenvalue weighted by atomic mass is 35.5. The number of hydrogen-bond donors (Lipinski definition) is 2. The highest BCUT2D eigenvalue weighted by Crippen LogP contribution is 2.26. The SMILES string of the molecule is NC1CCC(CNc2ccccc2Cl)C1. The molecule has 1 aromatic rings. The van der Waals surface area contributed by atoms with Gasteiger partial charge in [-0.2, -0.15) is 0 Å². The molecule has 2 rings (SSSR count).